The van der Waals surface area contributed by atoms with E-state index in [2.05, 4.69) is 11.7 Å². The Morgan fingerprint density at radius 2 is 1.75 bits per heavy atom. The van der Waals surface area contributed by atoms with Gasteiger partial charge in [0.1, 0.15) is 0 Å². The van der Waals surface area contributed by atoms with E-state index in [1.54, 1.807) is 6.08 Å². The van der Waals surface area contributed by atoms with E-state index in [1.165, 1.54) is 19.1 Å². The van der Waals surface area contributed by atoms with Gasteiger partial charge >= 0.3 is 17.9 Å². The number of aliphatic carboxylic acids is 1. The summed E-state index contributed by atoms with van der Waals surface area (Å²) < 4.78 is 9.15. The molecule has 1 N–H and O–H groups in total. The summed E-state index contributed by atoms with van der Waals surface area (Å²) in [7, 11) is 0. The van der Waals surface area contributed by atoms with E-state index in [1.807, 2.05) is 0 Å². The average molecular weight is 286 g/mol. The maximum absolute atomic E-state index is 11.2. The molecule has 0 aliphatic carbocycles. The minimum atomic E-state index is -1.23. The van der Waals surface area contributed by atoms with E-state index < -0.39 is 24.5 Å². The normalized spacial score (nSPS) is 10.4. The summed E-state index contributed by atoms with van der Waals surface area (Å²) in [5, 5.41) is 8.28. The summed E-state index contributed by atoms with van der Waals surface area (Å²) in [4.78, 5) is 32.4. The van der Waals surface area contributed by atoms with E-state index in [0.29, 0.717) is 0 Å². The van der Waals surface area contributed by atoms with Gasteiger partial charge in [-0.25, -0.2) is 4.79 Å². The van der Waals surface area contributed by atoms with Gasteiger partial charge in [0, 0.05) is 0 Å². The molecule has 6 nitrogen and oxygen atoms in total. The largest absolute Gasteiger partial charge is 0.479 e. The zero-order valence-corrected chi connectivity index (χ0v) is 11.8. The van der Waals surface area contributed by atoms with Crippen molar-refractivity contribution in [3.63, 3.8) is 0 Å². The van der Waals surface area contributed by atoms with Gasteiger partial charge in [0.05, 0.1) is 19.1 Å². The Morgan fingerprint density at radius 1 is 1.05 bits per heavy atom. The van der Waals surface area contributed by atoms with E-state index >= 15 is 0 Å². The maximum Gasteiger partial charge on any atom is 0.341 e. The first-order chi connectivity index (χ1) is 9.56. The molecular weight excluding hydrogens is 264 g/mol. The van der Waals surface area contributed by atoms with Crippen LogP contribution in [0.3, 0.4) is 0 Å². The van der Waals surface area contributed by atoms with Crippen molar-refractivity contribution in [3.05, 3.63) is 12.3 Å². The zero-order chi connectivity index (χ0) is 15.2. The summed E-state index contributed by atoms with van der Waals surface area (Å²) in [6, 6.07) is 0. The topological polar surface area (TPSA) is 89.9 Å². The van der Waals surface area contributed by atoms with Gasteiger partial charge in [-0.3, -0.25) is 9.59 Å². The Morgan fingerprint density at radius 3 is 2.40 bits per heavy atom. The lowest BCUT2D eigenvalue weighted by Crippen LogP contribution is -2.14. The van der Waals surface area contributed by atoms with Crippen LogP contribution in [0, 0.1) is 0 Å². The first kappa shape index (κ1) is 18.1. The predicted molar refractivity (Wildman–Crippen MR) is 71.8 cm³/mol. The highest BCUT2D eigenvalue weighted by atomic mass is 16.6. The van der Waals surface area contributed by atoms with Crippen LogP contribution in [0.4, 0.5) is 0 Å². The summed E-state index contributed by atoms with van der Waals surface area (Å²) in [6.07, 6.45) is 8.24. The molecule has 0 heterocycles. The van der Waals surface area contributed by atoms with Gasteiger partial charge in [0.2, 0.25) is 0 Å². The van der Waals surface area contributed by atoms with Crippen molar-refractivity contribution < 1.29 is 29.0 Å². The Balaban J connectivity index is 3.55. The van der Waals surface area contributed by atoms with Crippen LogP contribution in [0.25, 0.3) is 0 Å². The fourth-order valence-electron chi connectivity index (χ4n) is 1.36. The molecule has 114 valence electrons. The highest BCUT2D eigenvalue weighted by molar-refractivity contribution is 5.79. The molecule has 0 aromatic rings. The molecule has 0 saturated carbocycles. The van der Waals surface area contributed by atoms with E-state index in [4.69, 9.17) is 9.84 Å². The molecule has 0 saturated heterocycles. The molecule has 0 rings (SSSR count). The minimum Gasteiger partial charge on any atom is -0.479 e. The summed E-state index contributed by atoms with van der Waals surface area (Å²) in [5.41, 5.74) is 0. The summed E-state index contributed by atoms with van der Waals surface area (Å²) in [5.74, 6) is -2.50. The molecule has 0 amide bonds. The van der Waals surface area contributed by atoms with Crippen molar-refractivity contribution >= 4 is 17.9 Å². The summed E-state index contributed by atoms with van der Waals surface area (Å²) >= 11 is 0. The van der Waals surface area contributed by atoms with Crippen LogP contribution in [0.5, 0.6) is 0 Å². The standard InChI is InChI=1S/C14H22O6/c1-2-3-4-5-6-7-10-19-13(17)8-9-14(18)20-11-12(15)16/h7,10H,2-6,8-9,11H2,1H3,(H,15,16). The highest BCUT2D eigenvalue weighted by Crippen LogP contribution is 2.03. The van der Waals surface area contributed by atoms with Crippen molar-refractivity contribution in [1.29, 1.82) is 0 Å². The lowest BCUT2D eigenvalue weighted by atomic mass is 10.1. The van der Waals surface area contributed by atoms with Gasteiger partial charge in [-0.1, -0.05) is 26.2 Å². The lowest BCUT2D eigenvalue weighted by Gasteiger charge is -2.01. The molecule has 0 aliphatic rings. The van der Waals surface area contributed by atoms with Crippen molar-refractivity contribution in [2.45, 2.75) is 51.9 Å². The van der Waals surface area contributed by atoms with E-state index in [9.17, 15) is 14.4 Å². The molecule has 0 radical (unpaired) electrons. The molecule has 0 spiro atoms. The maximum atomic E-state index is 11.2. The number of esters is 2. The van der Waals surface area contributed by atoms with Crippen LogP contribution in [0.1, 0.15) is 51.9 Å². The fourth-order valence-corrected chi connectivity index (χ4v) is 1.36. The van der Waals surface area contributed by atoms with Crippen LogP contribution in [0.15, 0.2) is 12.3 Å². The number of rotatable bonds is 11. The number of carboxylic acids is 1. The third-order valence-electron chi connectivity index (χ3n) is 2.41. The number of allylic oxidation sites excluding steroid dienone is 1. The van der Waals surface area contributed by atoms with Crippen molar-refractivity contribution in [1.82, 2.24) is 0 Å². The molecule has 0 unspecified atom stereocenters. The fraction of sp³-hybridized carbons (Fsp3) is 0.643. The SMILES string of the molecule is CCCCCCC=COC(=O)CCC(=O)OCC(=O)O. The first-order valence-corrected chi connectivity index (χ1v) is 6.78. The van der Waals surface area contributed by atoms with Gasteiger partial charge in [0.15, 0.2) is 6.61 Å². The molecule has 0 aromatic heterocycles. The predicted octanol–water partition coefficient (Wildman–Crippen LogP) is 2.42. The zero-order valence-electron chi connectivity index (χ0n) is 11.8. The number of carbonyl (C=O) groups excluding carboxylic acids is 2. The van der Waals surface area contributed by atoms with Gasteiger partial charge in [-0.05, 0) is 18.9 Å². The number of ether oxygens (including phenoxy) is 2. The van der Waals surface area contributed by atoms with Crippen molar-refractivity contribution in [3.8, 4) is 0 Å². The number of hydrogen-bond donors (Lipinski definition) is 1. The molecule has 20 heavy (non-hydrogen) atoms. The van der Waals surface area contributed by atoms with Crippen LogP contribution in [-0.4, -0.2) is 29.6 Å². The number of carboxylic acid groups (broad SMARTS) is 1. The Bertz CT molecular complexity index is 335. The molecular formula is C14H22O6. The second-order valence-corrected chi connectivity index (χ2v) is 4.27. The molecule has 0 atom stereocenters. The number of unbranched alkanes of at least 4 members (excludes halogenated alkanes) is 4. The van der Waals surface area contributed by atoms with Crippen LogP contribution >= 0.6 is 0 Å². The molecule has 0 fully saturated rings. The smallest absolute Gasteiger partial charge is 0.341 e. The van der Waals surface area contributed by atoms with Crippen LogP contribution < -0.4 is 0 Å². The highest BCUT2D eigenvalue weighted by Gasteiger charge is 2.09. The molecule has 6 heteroatoms. The third-order valence-corrected chi connectivity index (χ3v) is 2.41. The number of hydrogen-bond acceptors (Lipinski definition) is 5. The second kappa shape index (κ2) is 12.2. The minimum absolute atomic E-state index is 0.126. The van der Waals surface area contributed by atoms with Gasteiger partial charge < -0.3 is 14.6 Å². The lowest BCUT2D eigenvalue weighted by molar-refractivity contribution is -0.156. The van der Waals surface area contributed by atoms with Crippen molar-refractivity contribution in [2.24, 2.45) is 0 Å². The van der Waals surface area contributed by atoms with Gasteiger partial charge in [-0.2, -0.15) is 0 Å². The van der Waals surface area contributed by atoms with Crippen LogP contribution in [0.2, 0.25) is 0 Å². The number of carbonyl (C=O) groups is 3. The van der Waals surface area contributed by atoms with E-state index in [0.717, 1.165) is 19.3 Å². The monoisotopic (exact) mass is 286 g/mol. The Labute approximate surface area is 118 Å². The van der Waals surface area contributed by atoms with Gasteiger partial charge in [-0.15, -0.1) is 0 Å². The quantitative estimate of drug-likeness (QED) is 0.356. The van der Waals surface area contributed by atoms with Crippen LogP contribution in [-0.2, 0) is 23.9 Å². The molecule has 0 bridgehead atoms. The summed E-state index contributed by atoms with van der Waals surface area (Å²) in [6.45, 7) is 1.45. The van der Waals surface area contributed by atoms with Crippen molar-refractivity contribution in [2.75, 3.05) is 6.61 Å². The van der Waals surface area contributed by atoms with Gasteiger partial charge in [0.25, 0.3) is 0 Å². The first-order valence-electron chi connectivity index (χ1n) is 6.78. The Kier molecular flexibility index (Phi) is 11.1. The molecule has 0 aliphatic heterocycles. The molecule has 0 aromatic carbocycles. The third kappa shape index (κ3) is 12.6. The average Bonchev–Trinajstić information content (AvgIpc) is 2.41. The Hall–Kier alpha value is -1.85. The second-order valence-electron chi connectivity index (χ2n) is 4.27. The van der Waals surface area contributed by atoms with E-state index in [-0.39, 0.29) is 12.8 Å².